The van der Waals surface area contributed by atoms with E-state index in [4.69, 9.17) is 4.74 Å². The van der Waals surface area contributed by atoms with Crippen molar-refractivity contribution in [1.82, 2.24) is 19.6 Å². The molecule has 128 valence electrons. The van der Waals surface area contributed by atoms with E-state index in [1.807, 2.05) is 20.1 Å². The quantitative estimate of drug-likeness (QED) is 0.471. The first-order chi connectivity index (χ1) is 11.6. The van der Waals surface area contributed by atoms with Crippen molar-refractivity contribution < 1.29 is 9.53 Å². The van der Waals surface area contributed by atoms with E-state index in [9.17, 15) is 4.79 Å². The van der Waals surface area contributed by atoms with Crippen LogP contribution in [0.5, 0.6) is 0 Å². The standard InChI is InChI=1S/C17H22N4O2S/c1-11-14(9-15(22)23-10-13-7-5-4-6-8-13)12(2)21-16(18-11)19-17(20-21)24-3/h4-5,13H,6-10H2,1-3H3. The summed E-state index contributed by atoms with van der Waals surface area (Å²) in [5.41, 5.74) is 2.56. The Morgan fingerprint density at radius 3 is 2.92 bits per heavy atom. The molecule has 24 heavy (non-hydrogen) atoms. The van der Waals surface area contributed by atoms with Crippen LogP contribution in [0.2, 0.25) is 0 Å². The van der Waals surface area contributed by atoms with Gasteiger partial charge in [0.25, 0.3) is 5.78 Å². The third-order valence-corrected chi connectivity index (χ3v) is 4.93. The van der Waals surface area contributed by atoms with Crippen molar-refractivity contribution in [1.29, 1.82) is 0 Å². The number of hydrogen-bond donors (Lipinski definition) is 0. The summed E-state index contributed by atoms with van der Waals surface area (Å²) < 4.78 is 7.19. The maximum atomic E-state index is 12.2. The molecule has 0 spiro atoms. The van der Waals surface area contributed by atoms with Gasteiger partial charge in [0.1, 0.15) is 0 Å². The number of thioether (sulfide) groups is 1. The number of esters is 1. The molecule has 0 aliphatic heterocycles. The van der Waals surface area contributed by atoms with Crippen molar-refractivity contribution in [2.24, 2.45) is 5.92 Å². The average molecular weight is 346 g/mol. The minimum Gasteiger partial charge on any atom is -0.465 e. The topological polar surface area (TPSA) is 69.4 Å². The van der Waals surface area contributed by atoms with Crippen molar-refractivity contribution in [3.8, 4) is 0 Å². The van der Waals surface area contributed by atoms with Crippen molar-refractivity contribution in [2.45, 2.75) is 44.7 Å². The van der Waals surface area contributed by atoms with E-state index in [-0.39, 0.29) is 12.4 Å². The Bertz CT molecular complexity index is 784. The summed E-state index contributed by atoms with van der Waals surface area (Å²) in [7, 11) is 0. The predicted molar refractivity (Wildman–Crippen MR) is 93.2 cm³/mol. The van der Waals surface area contributed by atoms with Crippen LogP contribution >= 0.6 is 11.8 Å². The second kappa shape index (κ2) is 7.34. The molecule has 0 saturated carbocycles. The van der Waals surface area contributed by atoms with Crippen molar-refractivity contribution in [3.05, 3.63) is 29.1 Å². The molecule has 2 aromatic heterocycles. The Hall–Kier alpha value is -1.89. The van der Waals surface area contributed by atoms with Crippen LogP contribution in [0.25, 0.3) is 5.78 Å². The third kappa shape index (κ3) is 3.61. The van der Waals surface area contributed by atoms with Crippen molar-refractivity contribution in [2.75, 3.05) is 12.9 Å². The van der Waals surface area contributed by atoms with Gasteiger partial charge in [0.05, 0.1) is 13.0 Å². The van der Waals surface area contributed by atoms with Gasteiger partial charge < -0.3 is 4.74 Å². The van der Waals surface area contributed by atoms with Crippen LogP contribution in [-0.4, -0.2) is 38.4 Å². The Labute approximate surface area is 145 Å². The molecule has 0 bridgehead atoms. The molecule has 0 radical (unpaired) electrons. The molecular weight excluding hydrogens is 324 g/mol. The third-order valence-electron chi connectivity index (χ3n) is 4.39. The van der Waals surface area contributed by atoms with Gasteiger partial charge in [-0.1, -0.05) is 23.9 Å². The first-order valence-corrected chi connectivity index (χ1v) is 9.38. The maximum Gasteiger partial charge on any atom is 0.310 e. The van der Waals surface area contributed by atoms with Crippen molar-refractivity contribution in [3.63, 3.8) is 0 Å². The lowest BCUT2D eigenvalue weighted by molar-refractivity contribution is -0.144. The maximum absolute atomic E-state index is 12.2. The molecule has 0 saturated heterocycles. The summed E-state index contributed by atoms with van der Waals surface area (Å²) in [6.45, 7) is 4.33. The lowest BCUT2D eigenvalue weighted by Crippen LogP contribution is -2.18. The van der Waals surface area contributed by atoms with Gasteiger partial charge >= 0.3 is 5.97 Å². The zero-order valence-corrected chi connectivity index (χ0v) is 15.1. The lowest BCUT2D eigenvalue weighted by atomic mass is 9.95. The summed E-state index contributed by atoms with van der Waals surface area (Å²) in [6, 6.07) is 0. The number of carbonyl (C=O) groups is 1. The average Bonchev–Trinajstić information content (AvgIpc) is 3.01. The Kier molecular flexibility index (Phi) is 5.18. The molecule has 1 unspecified atom stereocenters. The molecule has 1 aliphatic rings. The first kappa shape index (κ1) is 17.0. The molecule has 0 aromatic carbocycles. The number of ether oxygens (including phenoxy) is 1. The summed E-state index contributed by atoms with van der Waals surface area (Å²) in [6.07, 6.45) is 9.66. The number of nitrogens with zero attached hydrogens (tertiary/aromatic N) is 4. The number of fused-ring (bicyclic) bond motifs is 1. The molecule has 2 heterocycles. The second-order valence-corrected chi connectivity index (χ2v) is 6.86. The number of hydrogen-bond acceptors (Lipinski definition) is 6. The van der Waals surface area contributed by atoms with Crippen LogP contribution < -0.4 is 0 Å². The summed E-state index contributed by atoms with van der Waals surface area (Å²) in [5.74, 6) is 0.809. The Morgan fingerprint density at radius 2 is 2.21 bits per heavy atom. The Balaban J connectivity index is 1.71. The molecular formula is C17H22N4O2S. The van der Waals surface area contributed by atoms with E-state index in [0.717, 1.165) is 36.2 Å². The highest BCUT2D eigenvalue weighted by Gasteiger charge is 2.18. The second-order valence-electron chi connectivity index (χ2n) is 6.08. The van der Waals surface area contributed by atoms with Gasteiger partial charge in [0.15, 0.2) is 0 Å². The zero-order valence-electron chi connectivity index (χ0n) is 14.3. The molecule has 1 atom stereocenters. The van der Waals surface area contributed by atoms with Crippen LogP contribution in [0, 0.1) is 19.8 Å². The molecule has 1 aliphatic carbocycles. The van der Waals surface area contributed by atoms with E-state index in [2.05, 4.69) is 27.2 Å². The number of aromatic nitrogens is 4. The van der Waals surface area contributed by atoms with Gasteiger partial charge in [-0.15, -0.1) is 5.10 Å². The highest BCUT2D eigenvalue weighted by atomic mass is 32.2. The summed E-state index contributed by atoms with van der Waals surface area (Å²) in [5, 5.41) is 5.08. The van der Waals surface area contributed by atoms with Gasteiger partial charge in [0, 0.05) is 17.0 Å². The predicted octanol–water partition coefficient (Wildman–Crippen LogP) is 2.91. The van der Waals surface area contributed by atoms with Gasteiger partial charge in [0.2, 0.25) is 5.16 Å². The highest BCUT2D eigenvalue weighted by Crippen LogP contribution is 2.20. The highest BCUT2D eigenvalue weighted by molar-refractivity contribution is 7.98. The molecule has 2 aromatic rings. The first-order valence-electron chi connectivity index (χ1n) is 8.16. The minimum absolute atomic E-state index is 0.206. The van der Waals surface area contributed by atoms with Gasteiger partial charge in [-0.25, -0.2) is 9.50 Å². The van der Waals surface area contributed by atoms with Crippen LogP contribution in [-0.2, 0) is 16.0 Å². The van der Waals surface area contributed by atoms with E-state index in [1.165, 1.54) is 11.8 Å². The number of aryl methyl sites for hydroxylation is 2. The largest absolute Gasteiger partial charge is 0.465 e. The van der Waals surface area contributed by atoms with E-state index in [1.54, 1.807) is 4.52 Å². The minimum atomic E-state index is -0.206. The van der Waals surface area contributed by atoms with Gasteiger partial charge in [-0.3, -0.25) is 4.79 Å². The monoisotopic (exact) mass is 346 g/mol. The SMILES string of the molecule is CSc1nc2nc(C)c(CC(=O)OCC3CC=CCC3)c(C)n2n1. The van der Waals surface area contributed by atoms with Crippen LogP contribution in [0.4, 0.5) is 0 Å². The normalized spacial score (nSPS) is 17.4. The zero-order chi connectivity index (χ0) is 17.1. The molecule has 0 N–H and O–H groups in total. The van der Waals surface area contributed by atoms with E-state index < -0.39 is 0 Å². The summed E-state index contributed by atoms with van der Waals surface area (Å²) in [4.78, 5) is 21.1. The molecule has 0 fully saturated rings. The fourth-order valence-corrected chi connectivity index (χ4v) is 3.28. The summed E-state index contributed by atoms with van der Waals surface area (Å²) >= 11 is 1.47. The number of rotatable bonds is 5. The van der Waals surface area contributed by atoms with Gasteiger partial charge in [-0.2, -0.15) is 4.98 Å². The van der Waals surface area contributed by atoms with Crippen LogP contribution in [0.15, 0.2) is 17.3 Å². The van der Waals surface area contributed by atoms with E-state index >= 15 is 0 Å². The fraction of sp³-hybridized carbons (Fsp3) is 0.529. The smallest absolute Gasteiger partial charge is 0.310 e. The number of carbonyl (C=O) groups excluding carboxylic acids is 1. The fourth-order valence-electron chi connectivity index (χ4n) is 2.95. The molecule has 7 heteroatoms. The molecule has 3 rings (SSSR count). The van der Waals surface area contributed by atoms with Crippen LogP contribution in [0.1, 0.15) is 36.2 Å². The molecule has 6 nitrogen and oxygen atoms in total. The van der Waals surface area contributed by atoms with E-state index in [0.29, 0.717) is 23.5 Å². The van der Waals surface area contributed by atoms with Crippen LogP contribution in [0.3, 0.4) is 0 Å². The van der Waals surface area contributed by atoms with Crippen molar-refractivity contribution >= 4 is 23.5 Å². The lowest BCUT2D eigenvalue weighted by Gasteiger charge is -2.17. The Morgan fingerprint density at radius 1 is 1.38 bits per heavy atom. The molecule has 0 amide bonds. The van der Waals surface area contributed by atoms with Gasteiger partial charge in [-0.05, 0) is 45.3 Å². The number of allylic oxidation sites excluding steroid dienone is 2.